The maximum Gasteiger partial charge on any atom is 0.510 e. The van der Waals surface area contributed by atoms with E-state index in [1.54, 1.807) is 0 Å². The summed E-state index contributed by atoms with van der Waals surface area (Å²) in [6.45, 7) is 10.1. The van der Waals surface area contributed by atoms with Crippen molar-refractivity contribution >= 4 is 34.1 Å². The second kappa shape index (κ2) is 7.36. The van der Waals surface area contributed by atoms with Gasteiger partial charge in [0, 0.05) is 19.8 Å². The molecular formula is C16H32O3S2Si. The summed E-state index contributed by atoms with van der Waals surface area (Å²) < 4.78 is 18.6. The molecule has 2 saturated carbocycles. The highest BCUT2D eigenvalue weighted by atomic mass is 32.2. The average Bonchev–Trinajstić information content (AvgIpc) is 3.09. The minimum atomic E-state index is -2.88. The van der Waals surface area contributed by atoms with Crippen LogP contribution in [0, 0.1) is 11.8 Å². The maximum atomic E-state index is 6.34. The second-order valence-corrected chi connectivity index (χ2v) is 11.3. The Morgan fingerprint density at radius 2 is 1.55 bits per heavy atom. The lowest BCUT2D eigenvalue weighted by atomic mass is 9.83. The number of thiol groups is 2. The Balaban J connectivity index is 2.53. The molecule has 130 valence electrons. The van der Waals surface area contributed by atoms with Gasteiger partial charge < -0.3 is 13.3 Å². The summed E-state index contributed by atoms with van der Waals surface area (Å²) >= 11 is 10.1. The van der Waals surface area contributed by atoms with Gasteiger partial charge in [-0.25, -0.2) is 0 Å². The Morgan fingerprint density at radius 3 is 1.86 bits per heavy atom. The molecule has 0 aromatic heterocycles. The first-order valence-electron chi connectivity index (χ1n) is 8.79. The molecule has 2 aliphatic carbocycles. The number of rotatable bonds is 9. The molecule has 0 aromatic carbocycles. The van der Waals surface area contributed by atoms with E-state index in [1.165, 1.54) is 19.3 Å². The summed E-state index contributed by atoms with van der Waals surface area (Å²) in [6.07, 6.45) is 5.78. The largest absolute Gasteiger partial charge is 0.510 e. The van der Waals surface area contributed by atoms with E-state index in [-0.39, 0.29) is 5.04 Å². The fourth-order valence-electron chi connectivity index (χ4n) is 4.84. The molecule has 22 heavy (non-hydrogen) atoms. The van der Waals surface area contributed by atoms with Gasteiger partial charge in [-0.15, -0.1) is 0 Å². The van der Waals surface area contributed by atoms with Crippen molar-refractivity contribution in [1.82, 2.24) is 0 Å². The van der Waals surface area contributed by atoms with E-state index < -0.39 is 12.9 Å². The van der Waals surface area contributed by atoms with Crippen molar-refractivity contribution in [2.75, 3.05) is 19.8 Å². The van der Waals surface area contributed by atoms with Crippen LogP contribution < -0.4 is 0 Å². The van der Waals surface area contributed by atoms with Gasteiger partial charge in [0.15, 0.2) is 0 Å². The fraction of sp³-hybridized carbons (Fsp3) is 1.00. The number of hydrogen-bond donors (Lipinski definition) is 2. The summed E-state index contributed by atoms with van der Waals surface area (Å²) in [4.78, 5) is 0. The molecule has 0 amide bonds. The predicted octanol–water partition coefficient (Wildman–Crippen LogP) is 4.56. The molecular weight excluding hydrogens is 332 g/mol. The number of hydrogen-bond acceptors (Lipinski definition) is 5. The molecule has 0 radical (unpaired) electrons. The van der Waals surface area contributed by atoms with Gasteiger partial charge in [0.05, 0.1) is 9.12 Å². The Bertz CT molecular complexity index is 363. The quantitative estimate of drug-likeness (QED) is 0.357. The van der Waals surface area contributed by atoms with Crippen LogP contribution in [0.5, 0.6) is 0 Å². The predicted molar refractivity (Wildman–Crippen MR) is 99.8 cm³/mol. The molecule has 0 heterocycles. The number of fused-ring (bicyclic) bond motifs is 2. The summed E-state index contributed by atoms with van der Waals surface area (Å²) in [5.74, 6) is 1.31. The Hall–Kier alpha value is 0.797. The molecule has 0 aliphatic heterocycles. The van der Waals surface area contributed by atoms with Crippen LogP contribution >= 0.6 is 25.3 Å². The molecule has 0 saturated heterocycles. The molecule has 0 aromatic rings. The van der Waals surface area contributed by atoms with Gasteiger partial charge in [-0.2, -0.15) is 25.3 Å². The highest BCUT2D eigenvalue weighted by molar-refractivity contribution is 8.00. The molecule has 0 N–H and O–H groups in total. The molecule has 2 fully saturated rings. The molecule has 3 unspecified atom stereocenters. The van der Waals surface area contributed by atoms with Crippen molar-refractivity contribution in [3.63, 3.8) is 0 Å². The van der Waals surface area contributed by atoms with E-state index in [0.717, 1.165) is 18.8 Å². The third-order valence-electron chi connectivity index (χ3n) is 5.61. The third-order valence-corrected chi connectivity index (χ3v) is 11.6. The SMILES string of the molecule is CCO[Si](OCC)(OCC)C1(C(S)(S)CC)CC2CCC1C2. The zero-order valence-electron chi connectivity index (χ0n) is 14.4. The van der Waals surface area contributed by atoms with Crippen molar-refractivity contribution in [3.05, 3.63) is 0 Å². The minimum Gasteiger partial charge on any atom is -0.373 e. The second-order valence-electron chi connectivity index (χ2n) is 6.58. The van der Waals surface area contributed by atoms with Crippen LogP contribution in [0.25, 0.3) is 0 Å². The Morgan fingerprint density at radius 1 is 1.00 bits per heavy atom. The molecule has 3 atom stereocenters. The summed E-state index contributed by atoms with van der Waals surface area (Å²) in [5.41, 5.74) is 0. The van der Waals surface area contributed by atoms with Crippen molar-refractivity contribution < 1.29 is 13.3 Å². The van der Waals surface area contributed by atoms with E-state index in [9.17, 15) is 0 Å². The van der Waals surface area contributed by atoms with E-state index in [4.69, 9.17) is 38.5 Å². The molecule has 2 bridgehead atoms. The Labute approximate surface area is 148 Å². The van der Waals surface area contributed by atoms with E-state index in [1.807, 2.05) is 20.8 Å². The highest BCUT2D eigenvalue weighted by Crippen LogP contribution is 2.73. The third kappa shape index (κ3) is 2.82. The molecule has 2 rings (SSSR count). The zero-order chi connectivity index (χ0) is 16.4. The van der Waals surface area contributed by atoms with Crippen molar-refractivity contribution in [3.8, 4) is 0 Å². The van der Waals surface area contributed by atoms with Crippen LogP contribution in [0.3, 0.4) is 0 Å². The van der Waals surface area contributed by atoms with Gasteiger partial charge >= 0.3 is 8.80 Å². The lowest BCUT2D eigenvalue weighted by molar-refractivity contribution is 0.0262. The average molecular weight is 365 g/mol. The summed E-state index contributed by atoms with van der Waals surface area (Å²) in [6, 6.07) is 0. The molecule has 0 spiro atoms. The van der Waals surface area contributed by atoms with Crippen LogP contribution in [-0.2, 0) is 13.3 Å². The molecule has 2 aliphatic rings. The first-order valence-corrected chi connectivity index (χ1v) is 11.4. The lowest BCUT2D eigenvalue weighted by Gasteiger charge is -2.54. The van der Waals surface area contributed by atoms with E-state index >= 15 is 0 Å². The van der Waals surface area contributed by atoms with Gasteiger partial charge in [0.2, 0.25) is 0 Å². The standard InChI is InChI=1S/C16H32O3S2Si/c1-5-16(20,21)15(12-13-9-10-14(15)11-13)22(17-6-2,18-7-3)19-8-4/h13-14,20-21H,5-12H2,1-4H3. The molecule has 3 nitrogen and oxygen atoms in total. The first kappa shape index (κ1) is 19.1. The van der Waals surface area contributed by atoms with E-state index in [0.29, 0.717) is 25.7 Å². The van der Waals surface area contributed by atoms with Gasteiger partial charge in [-0.05, 0) is 58.3 Å². The normalized spacial score (nSPS) is 31.9. The van der Waals surface area contributed by atoms with Crippen molar-refractivity contribution in [2.24, 2.45) is 11.8 Å². The lowest BCUT2D eigenvalue weighted by Crippen LogP contribution is -2.64. The fourth-order valence-corrected chi connectivity index (χ4v) is 10.3. The van der Waals surface area contributed by atoms with Crippen LogP contribution in [0.15, 0.2) is 0 Å². The summed E-state index contributed by atoms with van der Waals surface area (Å²) in [7, 11) is -2.88. The van der Waals surface area contributed by atoms with Gasteiger partial charge in [0.25, 0.3) is 0 Å². The summed E-state index contributed by atoms with van der Waals surface area (Å²) in [5, 5.41) is -0.175. The first-order chi connectivity index (χ1) is 10.4. The topological polar surface area (TPSA) is 27.7 Å². The monoisotopic (exact) mass is 364 g/mol. The van der Waals surface area contributed by atoms with Crippen LogP contribution in [0.2, 0.25) is 5.04 Å². The Kier molecular flexibility index (Phi) is 6.40. The van der Waals surface area contributed by atoms with Crippen LogP contribution in [-0.4, -0.2) is 32.7 Å². The smallest absolute Gasteiger partial charge is 0.373 e. The van der Waals surface area contributed by atoms with E-state index in [2.05, 4.69) is 6.92 Å². The minimum absolute atomic E-state index is 0.175. The van der Waals surface area contributed by atoms with Gasteiger partial charge in [0.1, 0.15) is 0 Å². The van der Waals surface area contributed by atoms with Gasteiger partial charge in [-0.3, -0.25) is 0 Å². The highest BCUT2D eigenvalue weighted by Gasteiger charge is 2.74. The van der Waals surface area contributed by atoms with Crippen molar-refractivity contribution in [1.29, 1.82) is 0 Å². The van der Waals surface area contributed by atoms with Crippen LogP contribution in [0.1, 0.15) is 59.8 Å². The zero-order valence-corrected chi connectivity index (χ0v) is 17.2. The van der Waals surface area contributed by atoms with Crippen LogP contribution in [0.4, 0.5) is 0 Å². The van der Waals surface area contributed by atoms with Gasteiger partial charge in [-0.1, -0.05) is 13.3 Å². The maximum absolute atomic E-state index is 6.34. The molecule has 6 heteroatoms. The van der Waals surface area contributed by atoms with Crippen molar-refractivity contribution in [2.45, 2.75) is 68.9 Å².